The molecular weight excluding hydrogens is 278 g/mol. The highest BCUT2D eigenvalue weighted by molar-refractivity contribution is 7.15. The summed E-state index contributed by atoms with van der Waals surface area (Å²) in [5, 5.41) is 6.28. The minimum absolute atomic E-state index is 0.773. The molecule has 1 aromatic carbocycles. The van der Waals surface area contributed by atoms with Gasteiger partial charge < -0.3 is 5.32 Å². The lowest BCUT2D eigenvalue weighted by atomic mass is 10.2. The van der Waals surface area contributed by atoms with Crippen molar-refractivity contribution in [2.24, 2.45) is 0 Å². The summed E-state index contributed by atoms with van der Waals surface area (Å²) in [4.78, 5) is 5.59. The topological polar surface area (TPSA) is 29.3 Å². The van der Waals surface area contributed by atoms with Crippen LogP contribution in [0.2, 0.25) is 5.02 Å². The molecule has 0 radical (unpaired) electrons. The molecule has 19 heavy (non-hydrogen) atoms. The summed E-state index contributed by atoms with van der Waals surface area (Å²) in [5.41, 5.74) is 3.55. The van der Waals surface area contributed by atoms with Gasteiger partial charge >= 0.3 is 0 Å². The first-order chi connectivity index (χ1) is 9.24. The summed E-state index contributed by atoms with van der Waals surface area (Å²) in [6.45, 7) is 3.69. The highest BCUT2D eigenvalue weighted by Crippen LogP contribution is 2.16. The molecule has 0 unspecified atom stereocenters. The summed E-state index contributed by atoms with van der Waals surface area (Å²) in [7, 11) is 0. The fourth-order valence-corrected chi connectivity index (χ4v) is 2.99. The maximum atomic E-state index is 5.87. The maximum absolute atomic E-state index is 5.87. The monoisotopic (exact) mass is 291 g/mol. The van der Waals surface area contributed by atoms with E-state index in [1.807, 2.05) is 24.3 Å². The molecule has 0 bridgehead atoms. The average molecular weight is 292 g/mol. The van der Waals surface area contributed by atoms with E-state index in [0.717, 1.165) is 28.8 Å². The number of rotatable bonds is 4. The molecule has 0 aliphatic rings. The van der Waals surface area contributed by atoms with E-state index in [2.05, 4.69) is 33.2 Å². The summed E-state index contributed by atoms with van der Waals surface area (Å²) in [5.74, 6) is 0. The van der Waals surface area contributed by atoms with Gasteiger partial charge in [0.15, 0.2) is 4.96 Å². The van der Waals surface area contributed by atoms with Crippen LogP contribution in [0.25, 0.3) is 4.96 Å². The fraction of sp³-hybridized carbons (Fsp3) is 0.214. The van der Waals surface area contributed by atoms with Crippen LogP contribution in [0, 0.1) is 6.92 Å². The summed E-state index contributed by atoms with van der Waals surface area (Å²) in [6, 6.07) is 7.91. The van der Waals surface area contributed by atoms with Crippen LogP contribution in [0.5, 0.6) is 0 Å². The Morgan fingerprint density at radius 2 is 2.05 bits per heavy atom. The number of hydrogen-bond acceptors (Lipinski definition) is 3. The lowest BCUT2D eigenvalue weighted by molar-refractivity contribution is 0.673. The van der Waals surface area contributed by atoms with Gasteiger partial charge in [-0.15, -0.1) is 11.3 Å². The normalized spacial score (nSPS) is 11.3. The molecule has 2 aromatic heterocycles. The molecule has 0 aliphatic heterocycles. The Morgan fingerprint density at radius 1 is 1.26 bits per heavy atom. The molecule has 0 amide bonds. The zero-order valence-electron chi connectivity index (χ0n) is 10.6. The van der Waals surface area contributed by atoms with Gasteiger partial charge in [0.1, 0.15) is 0 Å². The lowest BCUT2D eigenvalue weighted by Crippen LogP contribution is -2.14. The molecule has 1 N–H and O–H groups in total. The zero-order valence-corrected chi connectivity index (χ0v) is 12.1. The molecule has 0 aliphatic carbocycles. The summed E-state index contributed by atoms with van der Waals surface area (Å²) >= 11 is 7.53. The van der Waals surface area contributed by atoms with Crippen LogP contribution in [0.1, 0.15) is 17.0 Å². The highest BCUT2D eigenvalue weighted by atomic mass is 35.5. The second kappa shape index (κ2) is 5.33. The number of benzene rings is 1. The fourth-order valence-electron chi connectivity index (χ4n) is 2.08. The summed E-state index contributed by atoms with van der Waals surface area (Å²) < 4.78 is 2.15. The van der Waals surface area contributed by atoms with Crippen LogP contribution < -0.4 is 5.32 Å². The van der Waals surface area contributed by atoms with Crippen molar-refractivity contribution in [1.29, 1.82) is 0 Å². The first kappa shape index (κ1) is 12.7. The third-order valence-corrected chi connectivity index (χ3v) is 4.10. The molecule has 0 saturated heterocycles. The Hall–Kier alpha value is -1.36. The quantitative estimate of drug-likeness (QED) is 0.795. The number of fused-ring (bicyclic) bond motifs is 1. The number of imidazole rings is 1. The number of nitrogens with zero attached hydrogens (tertiary/aromatic N) is 2. The number of hydrogen-bond donors (Lipinski definition) is 1. The molecule has 3 nitrogen and oxygen atoms in total. The zero-order chi connectivity index (χ0) is 13.2. The van der Waals surface area contributed by atoms with Gasteiger partial charge in [0.25, 0.3) is 0 Å². The first-order valence-electron chi connectivity index (χ1n) is 6.10. The van der Waals surface area contributed by atoms with Gasteiger partial charge in [-0.25, -0.2) is 4.98 Å². The molecule has 0 spiro atoms. The standard InChI is InChI=1S/C14H14ClN3S/c1-10-13(18-6-7-19-14(18)17-10)9-16-8-11-2-4-12(15)5-3-11/h2-7,16H,8-9H2,1H3. The Labute approximate surface area is 120 Å². The van der Waals surface area contributed by atoms with Crippen molar-refractivity contribution in [3.63, 3.8) is 0 Å². The van der Waals surface area contributed by atoms with Crippen LogP contribution in [0.15, 0.2) is 35.8 Å². The van der Waals surface area contributed by atoms with Crippen molar-refractivity contribution < 1.29 is 0 Å². The van der Waals surface area contributed by atoms with E-state index in [0.29, 0.717) is 0 Å². The highest BCUT2D eigenvalue weighted by Gasteiger charge is 2.08. The number of aromatic nitrogens is 2. The third-order valence-electron chi connectivity index (χ3n) is 3.10. The second-order valence-corrected chi connectivity index (χ2v) is 5.74. The van der Waals surface area contributed by atoms with E-state index < -0.39 is 0 Å². The van der Waals surface area contributed by atoms with E-state index in [-0.39, 0.29) is 0 Å². The molecule has 0 atom stereocenters. The van der Waals surface area contributed by atoms with E-state index >= 15 is 0 Å². The maximum Gasteiger partial charge on any atom is 0.194 e. The van der Waals surface area contributed by atoms with Crippen molar-refractivity contribution in [3.05, 3.63) is 57.8 Å². The Balaban J connectivity index is 1.67. The lowest BCUT2D eigenvalue weighted by Gasteiger charge is -2.05. The molecule has 5 heteroatoms. The van der Waals surface area contributed by atoms with Crippen LogP contribution in [0.4, 0.5) is 0 Å². The number of aryl methyl sites for hydroxylation is 1. The Morgan fingerprint density at radius 3 is 2.84 bits per heavy atom. The number of nitrogens with one attached hydrogen (secondary N) is 1. The van der Waals surface area contributed by atoms with E-state index in [4.69, 9.17) is 11.6 Å². The van der Waals surface area contributed by atoms with Gasteiger partial charge in [-0.3, -0.25) is 4.40 Å². The van der Waals surface area contributed by atoms with Crippen molar-refractivity contribution >= 4 is 27.9 Å². The van der Waals surface area contributed by atoms with Gasteiger partial charge in [-0.05, 0) is 24.6 Å². The molecule has 0 saturated carbocycles. The molecule has 3 rings (SSSR count). The van der Waals surface area contributed by atoms with Crippen LogP contribution in [0.3, 0.4) is 0 Å². The second-order valence-electron chi connectivity index (χ2n) is 4.43. The Bertz CT molecular complexity index is 684. The molecule has 0 fully saturated rings. The van der Waals surface area contributed by atoms with Crippen LogP contribution >= 0.6 is 22.9 Å². The predicted molar refractivity (Wildman–Crippen MR) is 79.8 cm³/mol. The van der Waals surface area contributed by atoms with Gasteiger partial charge in [0.05, 0.1) is 11.4 Å². The first-order valence-corrected chi connectivity index (χ1v) is 7.36. The smallest absolute Gasteiger partial charge is 0.194 e. The van der Waals surface area contributed by atoms with Crippen molar-refractivity contribution in [1.82, 2.24) is 14.7 Å². The van der Waals surface area contributed by atoms with Crippen molar-refractivity contribution in [3.8, 4) is 0 Å². The number of halogens is 1. The minimum Gasteiger partial charge on any atom is -0.307 e. The van der Waals surface area contributed by atoms with Crippen molar-refractivity contribution in [2.45, 2.75) is 20.0 Å². The molecule has 2 heterocycles. The molecule has 98 valence electrons. The van der Waals surface area contributed by atoms with E-state index in [1.54, 1.807) is 11.3 Å². The van der Waals surface area contributed by atoms with Crippen molar-refractivity contribution in [2.75, 3.05) is 0 Å². The largest absolute Gasteiger partial charge is 0.307 e. The number of thiazole rings is 1. The minimum atomic E-state index is 0.773. The molecule has 3 aromatic rings. The van der Waals surface area contributed by atoms with Gasteiger partial charge in [0.2, 0.25) is 0 Å². The average Bonchev–Trinajstić information content (AvgIpc) is 2.94. The Kier molecular flexibility index (Phi) is 3.55. The van der Waals surface area contributed by atoms with Gasteiger partial charge in [0, 0.05) is 29.7 Å². The summed E-state index contributed by atoms with van der Waals surface area (Å²) in [6.07, 6.45) is 2.07. The molecular formula is C14H14ClN3S. The van der Waals surface area contributed by atoms with Gasteiger partial charge in [-0.2, -0.15) is 0 Å². The van der Waals surface area contributed by atoms with E-state index in [1.165, 1.54) is 11.3 Å². The van der Waals surface area contributed by atoms with Crippen LogP contribution in [-0.4, -0.2) is 9.38 Å². The van der Waals surface area contributed by atoms with Crippen LogP contribution in [-0.2, 0) is 13.1 Å². The van der Waals surface area contributed by atoms with E-state index in [9.17, 15) is 0 Å². The SMILES string of the molecule is Cc1nc2sccn2c1CNCc1ccc(Cl)cc1. The predicted octanol–water partition coefficient (Wildman–Crippen LogP) is 3.65. The third kappa shape index (κ3) is 2.66. The van der Waals surface area contributed by atoms with Gasteiger partial charge in [-0.1, -0.05) is 23.7 Å².